The first-order valence-corrected chi connectivity index (χ1v) is 6.07. The summed E-state index contributed by atoms with van der Waals surface area (Å²) in [6.45, 7) is 0.715. The molecule has 1 aliphatic rings. The van der Waals surface area contributed by atoms with Crippen molar-refractivity contribution in [2.45, 2.75) is 25.4 Å². The molecule has 3 rings (SSSR count). The van der Waals surface area contributed by atoms with Gasteiger partial charge in [0, 0.05) is 6.54 Å². The molecule has 0 amide bonds. The Kier molecular flexibility index (Phi) is 2.79. The third-order valence-corrected chi connectivity index (χ3v) is 3.07. The van der Waals surface area contributed by atoms with Crippen LogP contribution in [0.4, 0.5) is 19.0 Å². The van der Waals surface area contributed by atoms with E-state index in [9.17, 15) is 13.2 Å². The summed E-state index contributed by atoms with van der Waals surface area (Å²) in [5.74, 6) is 0.0590. The number of alkyl halides is 3. The third kappa shape index (κ3) is 2.61. The number of nitrogens with zero attached hydrogens (tertiary/aromatic N) is 4. The number of fused-ring (bicyclic) bond motifs is 1. The first-order valence-electron chi connectivity index (χ1n) is 6.07. The fourth-order valence-corrected chi connectivity index (χ4v) is 1.87. The molecule has 0 spiro atoms. The highest BCUT2D eigenvalue weighted by Gasteiger charge is 2.37. The molecule has 1 N–H and O–H groups in total. The Morgan fingerprint density at radius 1 is 1.26 bits per heavy atom. The number of hydrogen-bond donors (Lipinski definition) is 1. The lowest BCUT2D eigenvalue weighted by Gasteiger charge is -2.06. The molecule has 1 saturated carbocycles. The monoisotopic (exact) mass is 271 g/mol. The van der Waals surface area contributed by atoms with Gasteiger partial charge in [0.1, 0.15) is 5.82 Å². The van der Waals surface area contributed by atoms with E-state index in [-0.39, 0.29) is 5.65 Å². The zero-order valence-electron chi connectivity index (χ0n) is 9.98. The Hall–Kier alpha value is -1.86. The van der Waals surface area contributed by atoms with Crippen molar-refractivity contribution in [3.8, 4) is 0 Å². The maximum atomic E-state index is 12.7. The molecule has 0 unspecified atom stereocenters. The lowest BCUT2D eigenvalue weighted by atomic mass is 10.3. The molecule has 0 aliphatic heterocycles. The van der Waals surface area contributed by atoms with Gasteiger partial charge in [-0.15, -0.1) is 15.3 Å². The molecule has 102 valence electrons. The van der Waals surface area contributed by atoms with E-state index in [1.165, 1.54) is 18.9 Å². The van der Waals surface area contributed by atoms with Gasteiger partial charge < -0.3 is 5.32 Å². The number of anilines is 1. The van der Waals surface area contributed by atoms with Gasteiger partial charge in [0.25, 0.3) is 5.82 Å². The van der Waals surface area contributed by atoms with Crippen molar-refractivity contribution in [1.82, 2.24) is 19.8 Å². The summed E-state index contributed by atoms with van der Waals surface area (Å²) in [6, 6.07) is 3.08. The first kappa shape index (κ1) is 12.2. The molecule has 1 aliphatic carbocycles. The number of aromatic nitrogens is 4. The Labute approximate surface area is 106 Å². The van der Waals surface area contributed by atoms with Crippen LogP contribution < -0.4 is 5.32 Å². The minimum absolute atomic E-state index is 0.0834. The molecule has 1 fully saturated rings. The van der Waals surface area contributed by atoms with Crippen LogP contribution in [-0.2, 0) is 6.18 Å². The van der Waals surface area contributed by atoms with Crippen LogP contribution in [0.1, 0.15) is 25.1 Å². The zero-order chi connectivity index (χ0) is 13.5. The van der Waals surface area contributed by atoms with Crippen molar-refractivity contribution in [2.75, 3.05) is 11.9 Å². The average molecular weight is 271 g/mol. The molecule has 8 heteroatoms. The maximum absolute atomic E-state index is 12.7. The van der Waals surface area contributed by atoms with E-state index >= 15 is 0 Å². The van der Waals surface area contributed by atoms with Crippen LogP contribution in [0.25, 0.3) is 5.65 Å². The maximum Gasteiger partial charge on any atom is 0.453 e. The standard InChI is InChI=1S/C11H12F3N5/c12-11(13,14)10-17-16-9-4-3-8(18-19(9)10)15-6-5-7-1-2-7/h3-4,7H,1-2,5-6H2,(H,15,18). The zero-order valence-corrected chi connectivity index (χ0v) is 9.98. The molecular weight excluding hydrogens is 259 g/mol. The average Bonchev–Trinajstić information content (AvgIpc) is 3.05. The molecule has 0 saturated heterocycles. The molecule has 0 radical (unpaired) electrons. The van der Waals surface area contributed by atoms with Gasteiger partial charge in [-0.25, -0.2) is 0 Å². The van der Waals surface area contributed by atoms with E-state index in [1.54, 1.807) is 6.07 Å². The van der Waals surface area contributed by atoms with E-state index in [1.807, 2.05) is 0 Å². The minimum Gasteiger partial charge on any atom is -0.369 e. The number of nitrogens with one attached hydrogen (secondary N) is 1. The van der Waals surface area contributed by atoms with Gasteiger partial charge in [-0.2, -0.15) is 17.7 Å². The lowest BCUT2D eigenvalue weighted by molar-refractivity contribution is -0.146. The number of hydrogen-bond acceptors (Lipinski definition) is 4. The molecular formula is C11H12F3N5. The van der Waals surface area contributed by atoms with Gasteiger partial charge in [0.15, 0.2) is 5.65 Å². The second-order valence-electron chi connectivity index (χ2n) is 4.67. The van der Waals surface area contributed by atoms with Gasteiger partial charge in [-0.1, -0.05) is 12.8 Å². The molecule has 2 aromatic heterocycles. The summed E-state index contributed by atoms with van der Waals surface area (Å²) in [7, 11) is 0. The summed E-state index contributed by atoms with van der Waals surface area (Å²) in [5.41, 5.74) is 0.0834. The summed E-state index contributed by atoms with van der Waals surface area (Å²) >= 11 is 0. The highest BCUT2D eigenvalue weighted by atomic mass is 19.4. The van der Waals surface area contributed by atoms with Crippen molar-refractivity contribution in [3.05, 3.63) is 18.0 Å². The fraction of sp³-hybridized carbons (Fsp3) is 0.545. The smallest absolute Gasteiger partial charge is 0.369 e. The second kappa shape index (κ2) is 4.36. The Balaban J connectivity index is 1.81. The molecule has 0 aromatic carbocycles. The van der Waals surface area contributed by atoms with Crippen LogP contribution in [0.15, 0.2) is 12.1 Å². The SMILES string of the molecule is FC(F)(F)c1nnc2ccc(NCCC3CC3)nn12. The molecule has 5 nitrogen and oxygen atoms in total. The van der Waals surface area contributed by atoms with Gasteiger partial charge >= 0.3 is 6.18 Å². The fourth-order valence-electron chi connectivity index (χ4n) is 1.87. The van der Waals surface area contributed by atoms with E-state index in [0.29, 0.717) is 12.4 Å². The first-order chi connectivity index (χ1) is 9.04. The van der Waals surface area contributed by atoms with Crippen molar-refractivity contribution >= 4 is 11.5 Å². The van der Waals surface area contributed by atoms with E-state index < -0.39 is 12.0 Å². The Morgan fingerprint density at radius 3 is 2.74 bits per heavy atom. The highest BCUT2D eigenvalue weighted by Crippen LogP contribution is 2.32. The van der Waals surface area contributed by atoms with Crippen LogP contribution >= 0.6 is 0 Å². The summed E-state index contributed by atoms with van der Waals surface area (Å²) in [5, 5.41) is 13.5. The summed E-state index contributed by atoms with van der Waals surface area (Å²) in [6.07, 6.45) is -1.04. The molecule has 2 aromatic rings. The molecule has 2 heterocycles. The van der Waals surface area contributed by atoms with E-state index in [0.717, 1.165) is 16.9 Å². The summed E-state index contributed by atoms with van der Waals surface area (Å²) in [4.78, 5) is 0. The topological polar surface area (TPSA) is 55.1 Å². The van der Waals surface area contributed by atoms with Gasteiger partial charge in [0.2, 0.25) is 0 Å². The van der Waals surface area contributed by atoms with E-state index in [4.69, 9.17) is 0 Å². The van der Waals surface area contributed by atoms with Gasteiger partial charge in [0.05, 0.1) is 0 Å². The van der Waals surface area contributed by atoms with Crippen molar-refractivity contribution in [1.29, 1.82) is 0 Å². The Morgan fingerprint density at radius 2 is 2.05 bits per heavy atom. The second-order valence-corrected chi connectivity index (χ2v) is 4.67. The molecule has 0 bridgehead atoms. The van der Waals surface area contributed by atoms with Crippen LogP contribution in [-0.4, -0.2) is 26.4 Å². The minimum atomic E-state index is -4.56. The molecule has 19 heavy (non-hydrogen) atoms. The van der Waals surface area contributed by atoms with Crippen LogP contribution in [0.5, 0.6) is 0 Å². The largest absolute Gasteiger partial charge is 0.453 e. The van der Waals surface area contributed by atoms with Gasteiger partial charge in [-0.3, -0.25) is 0 Å². The van der Waals surface area contributed by atoms with Crippen LogP contribution in [0.2, 0.25) is 0 Å². The quantitative estimate of drug-likeness (QED) is 0.927. The van der Waals surface area contributed by atoms with Crippen molar-refractivity contribution in [3.63, 3.8) is 0 Å². The third-order valence-electron chi connectivity index (χ3n) is 3.07. The van der Waals surface area contributed by atoms with Crippen LogP contribution in [0, 0.1) is 5.92 Å². The normalized spacial score (nSPS) is 15.9. The Bertz CT molecular complexity index is 588. The van der Waals surface area contributed by atoms with Crippen LogP contribution in [0.3, 0.4) is 0 Å². The molecule has 0 atom stereocenters. The van der Waals surface area contributed by atoms with Crippen molar-refractivity contribution < 1.29 is 13.2 Å². The number of rotatable bonds is 4. The van der Waals surface area contributed by atoms with Gasteiger partial charge in [-0.05, 0) is 24.5 Å². The van der Waals surface area contributed by atoms with Crippen molar-refractivity contribution in [2.24, 2.45) is 5.92 Å². The van der Waals surface area contributed by atoms with E-state index in [2.05, 4.69) is 20.6 Å². The predicted molar refractivity (Wildman–Crippen MR) is 61.6 cm³/mol. The lowest BCUT2D eigenvalue weighted by Crippen LogP contribution is -2.14. The summed E-state index contributed by atoms with van der Waals surface area (Å²) < 4.78 is 38.7. The predicted octanol–water partition coefficient (Wildman–Crippen LogP) is 2.36. The highest BCUT2D eigenvalue weighted by molar-refractivity contribution is 5.44. The number of halogens is 3.